The highest BCUT2D eigenvalue weighted by Crippen LogP contribution is 2.06. The number of benzene rings is 1. The van der Waals surface area contributed by atoms with Gasteiger partial charge in [0, 0.05) is 0 Å². The van der Waals surface area contributed by atoms with Crippen LogP contribution >= 0.6 is 0 Å². The van der Waals surface area contributed by atoms with E-state index in [1.165, 1.54) is 0 Å². The first-order valence-electron chi connectivity index (χ1n) is 18.2. The summed E-state index contributed by atoms with van der Waals surface area (Å²) in [5.41, 5.74) is 0.642. The second kappa shape index (κ2) is 37.5. The average Bonchev–Trinajstić information content (AvgIpc) is 3.12. The van der Waals surface area contributed by atoms with Gasteiger partial charge in [-0.05, 0) is 26.3 Å². The summed E-state index contributed by atoms with van der Waals surface area (Å²) in [6.45, 7) is 17.6. The molecule has 0 saturated heterocycles. The van der Waals surface area contributed by atoms with Crippen LogP contribution in [0.5, 0.6) is 0 Å². The van der Waals surface area contributed by atoms with E-state index in [0.717, 1.165) is 5.56 Å². The highest BCUT2D eigenvalue weighted by Gasteiger charge is 2.15. The second-order valence-electron chi connectivity index (χ2n) is 11.9. The van der Waals surface area contributed by atoms with Crippen molar-refractivity contribution in [2.45, 2.75) is 33.0 Å². The Hall–Kier alpha value is -1.83. The minimum atomic E-state index is -0.513. The van der Waals surface area contributed by atoms with Gasteiger partial charge in [-0.3, -0.25) is 0 Å². The van der Waals surface area contributed by atoms with E-state index in [2.05, 4.69) is 0 Å². The van der Waals surface area contributed by atoms with Crippen molar-refractivity contribution in [2.75, 3.05) is 165 Å². The van der Waals surface area contributed by atoms with Crippen molar-refractivity contribution in [3.8, 4) is 0 Å². The third-order valence-electron chi connectivity index (χ3n) is 6.22. The zero-order valence-corrected chi connectivity index (χ0v) is 31.9. The van der Waals surface area contributed by atoms with Gasteiger partial charge >= 0.3 is 5.97 Å². The zero-order valence-electron chi connectivity index (χ0n) is 31.9. The lowest BCUT2D eigenvalue weighted by Gasteiger charge is -2.19. The molecule has 0 bridgehead atoms. The van der Waals surface area contributed by atoms with Gasteiger partial charge in [0.05, 0.1) is 165 Å². The van der Waals surface area contributed by atoms with E-state index < -0.39 is 5.60 Å². The Morgan fingerprint density at radius 2 is 0.635 bits per heavy atom. The van der Waals surface area contributed by atoms with Crippen molar-refractivity contribution < 1.29 is 71.1 Å². The lowest BCUT2D eigenvalue weighted by Crippen LogP contribution is -2.27. The largest absolute Gasteiger partial charge is 0.458 e. The third kappa shape index (κ3) is 37.9. The first-order chi connectivity index (χ1) is 25.5. The van der Waals surface area contributed by atoms with Crippen LogP contribution < -0.4 is 0 Å². The van der Waals surface area contributed by atoms with E-state index in [0.29, 0.717) is 165 Å². The van der Waals surface area contributed by atoms with E-state index in [-0.39, 0.29) is 12.6 Å². The highest BCUT2D eigenvalue weighted by molar-refractivity contribution is 5.71. The van der Waals surface area contributed by atoms with Crippen LogP contribution in [-0.4, -0.2) is 177 Å². The molecule has 304 valence electrons. The van der Waals surface area contributed by atoms with Crippen LogP contribution in [0.15, 0.2) is 30.3 Å². The van der Waals surface area contributed by atoms with Gasteiger partial charge in [0.25, 0.3) is 0 Å². The summed E-state index contributed by atoms with van der Waals surface area (Å²) in [6.07, 6.45) is 0. The quantitative estimate of drug-likeness (QED) is 0.0715. The standard InChI is InChI=1S/C37H66O15/c1-37(2,3)52-36(38)34-51-32-30-49-28-26-47-24-22-45-20-18-43-16-14-41-12-10-39-9-11-40-13-15-42-17-19-44-21-23-46-25-27-48-29-31-50-33-35-7-5-4-6-8-35/h4-8H,9-34H2,1-3H3. The van der Waals surface area contributed by atoms with Gasteiger partial charge in [-0.1, -0.05) is 30.3 Å². The van der Waals surface area contributed by atoms with E-state index in [9.17, 15) is 4.79 Å². The number of rotatable bonds is 40. The number of hydrogen-bond acceptors (Lipinski definition) is 15. The SMILES string of the molecule is CC(C)(C)OC(=O)COCCOCCOCCOCCOCCOCCOCCOCCOCCOCCOCCOCCOCc1ccccc1. The maximum atomic E-state index is 11.5. The van der Waals surface area contributed by atoms with Crippen LogP contribution in [0.25, 0.3) is 0 Å². The molecule has 0 atom stereocenters. The average molecular weight is 751 g/mol. The molecule has 0 amide bonds. The molecule has 0 aliphatic heterocycles. The summed E-state index contributed by atoms with van der Waals surface area (Å²) in [4.78, 5) is 11.5. The molecule has 0 aliphatic carbocycles. The maximum absolute atomic E-state index is 11.5. The molecule has 0 fully saturated rings. The van der Waals surface area contributed by atoms with E-state index >= 15 is 0 Å². The Morgan fingerprint density at radius 1 is 0.385 bits per heavy atom. The number of carbonyl (C=O) groups excluding carboxylic acids is 1. The Balaban J connectivity index is 1.62. The Morgan fingerprint density at radius 3 is 0.904 bits per heavy atom. The summed E-state index contributed by atoms with van der Waals surface area (Å²) >= 11 is 0. The minimum Gasteiger partial charge on any atom is -0.458 e. The predicted molar refractivity (Wildman–Crippen MR) is 192 cm³/mol. The van der Waals surface area contributed by atoms with E-state index in [1.807, 2.05) is 51.1 Å². The van der Waals surface area contributed by atoms with Crippen LogP contribution in [0.2, 0.25) is 0 Å². The molecule has 1 rings (SSSR count). The fourth-order valence-electron chi connectivity index (χ4n) is 3.83. The third-order valence-corrected chi connectivity index (χ3v) is 6.22. The molecule has 52 heavy (non-hydrogen) atoms. The number of carbonyl (C=O) groups is 1. The van der Waals surface area contributed by atoms with Crippen LogP contribution in [0.3, 0.4) is 0 Å². The van der Waals surface area contributed by atoms with Crippen molar-refractivity contribution in [3.63, 3.8) is 0 Å². The number of esters is 1. The van der Waals surface area contributed by atoms with Crippen LogP contribution in [0.1, 0.15) is 26.3 Å². The van der Waals surface area contributed by atoms with Crippen molar-refractivity contribution in [1.82, 2.24) is 0 Å². The van der Waals surface area contributed by atoms with E-state index in [4.69, 9.17) is 66.3 Å². The van der Waals surface area contributed by atoms with Crippen LogP contribution in [0, 0.1) is 0 Å². The fourth-order valence-corrected chi connectivity index (χ4v) is 3.83. The maximum Gasteiger partial charge on any atom is 0.332 e. The summed E-state index contributed by atoms with van der Waals surface area (Å²) < 4.78 is 76.1. The topological polar surface area (TPSA) is 146 Å². The lowest BCUT2D eigenvalue weighted by atomic mass is 10.2. The Bertz CT molecular complexity index is 872. The van der Waals surface area contributed by atoms with Crippen molar-refractivity contribution in [3.05, 3.63) is 35.9 Å². The normalized spacial score (nSPS) is 11.8. The summed E-state index contributed by atoms with van der Waals surface area (Å²) in [5.74, 6) is -0.388. The van der Waals surface area contributed by atoms with Crippen LogP contribution in [-0.2, 0) is 77.7 Å². The molecule has 0 radical (unpaired) electrons. The molecule has 0 saturated carbocycles. The molecule has 15 heteroatoms. The number of ether oxygens (including phenoxy) is 14. The zero-order chi connectivity index (χ0) is 37.5. The van der Waals surface area contributed by atoms with Crippen molar-refractivity contribution in [2.24, 2.45) is 0 Å². The molecule has 0 heterocycles. The predicted octanol–water partition coefficient (Wildman–Crippen LogP) is 2.74. The van der Waals surface area contributed by atoms with Gasteiger partial charge in [0.15, 0.2) is 0 Å². The molecule has 0 unspecified atom stereocenters. The Labute approximate surface area is 310 Å². The lowest BCUT2D eigenvalue weighted by molar-refractivity contribution is -0.160. The molecule has 15 nitrogen and oxygen atoms in total. The van der Waals surface area contributed by atoms with Crippen LogP contribution in [0.4, 0.5) is 0 Å². The monoisotopic (exact) mass is 750 g/mol. The minimum absolute atomic E-state index is 0.0849. The van der Waals surface area contributed by atoms with Gasteiger partial charge in [-0.25, -0.2) is 4.79 Å². The molecular weight excluding hydrogens is 684 g/mol. The summed E-state index contributed by atoms with van der Waals surface area (Å²) in [7, 11) is 0. The summed E-state index contributed by atoms with van der Waals surface area (Å²) in [5, 5.41) is 0. The van der Waals surface area contributed by atoms with Gasteiger partial charge in [-0.2, -0.15) is 0 Å². The van der Waals surface area contributed by atoms with Gasteiger partial charge in [0.2, 0.25) is 0 Å². The van der Waals surface area contributed by atoms with E-state index in [1.54, 1.807) is 0 Å². The molecule has 1 aromatic carbocycles. The van der Waals surface area contributed by atoms with Gasteiger partial charge in [0.1, 0.15) is 12.2 Å². The smallest absolute Gasteiger partial charge is 0.332 e. The van der Waals surface area contributed by atoms with Gasteiger partial charge in [-0.15, -0.1) is 0 Å². The first-order valence-corrected chi connectivity index (χ1v) is 18.2. The van der Waals surface area contributed by atoms with Crippen molar-refractivity contribution in [1.29, 1.82) is 0 Å². The molecule has 0 N–H and O–H groups in total. The fraction of sp³-hybridized carbons (Fsp3) is 0.811. The molecular formula is C37H66O15. The Kier molecular flexibility index (Phi) is 34.7. The highest BCUT2D eigenvalue weighted by atomic mass is 16.6. The molecule has 0 aliphatic rings. The van der Waals surface area contributed by atoms with Gasteiger partial charge < -0.3 is 66.3 Å². The molecule has 0 aromatic heterocycles. The number of hydrogen-bond donors (Lipinski definition) is 0. The van der Waals surface area contributed by atoms with Crippen molar-refractivity contribution >= 4 is 5.97 Å². The second-order valence-corrected chi connectivity index (χ2v) is 11.9. The molecule has 0 spiro atoms. The summed E-state index contributed by atoms with van der Waals surface area (Å²) in [6, 6.07) is 10.1. The molecule has 1 aromatic rings. The first kappa shape index (κ1) is 48.2.